The molecule has 0 bridgehead atoms. The molecule has 9 nitrogen and oxygen atoms in total. The fraction of sp³-hybridized carbons (Fsp3) is 0.778. The zero-order valence-electron chi connectivity index (χ0n) is 16.4. The van der Waals surface area contributed by atoms with Crippen LogP contribution in [0.15, 0.2) is 12.2 Å². The Morgan fingerprint density at radius 2 is 1.04 bits per heavy atom. The number of hydrogen-bond donors (Lipinski definition) is 0. The van der Waals surface area contributed by atoms with Gasteiger partial charge in [0.2, 0.25) is 0 Å². The largest absolute Gasteiger partial charge is 0.378 e. The standard InChI is InChI=1S/C18H32N2O7/c1-19(2)5-7-23-9-11-25-13-15-27-16-14-26-12-10-24-8-6-20-17(21)3-4-18(20)22/h3-4H,5-16H2,1-2H3. The van der Waals surface area contributed by atoms with E-state index in [0.717, 1.165) is 11.4 Å². The molecular weight excluding hydrogens is 356 g/mol. The van der Waals surface area contributed by atoms with E-state index in [1.54, 1.807) is 0 Å². The zero-order chi connectivity index (χ0) is 19.7. The van der Waals surface area contributed by atoms with Gasteiger partial charge in [-0.05, 0) is 14.1 Å². The van der Waals surface area contributed by atoms with Gasteiger partial charge in [-0.2, -0.15) is 0 Å². The maximum atomic E-state index is 11.3. The number of amides is 2. The van der Waals surface area contributed by atoms with Gasteiger partial charge in [-0.3, -0.25) is 14.5 Å². The van der Waals surface area contributed by atoms with Gasteiger partial charge in [0, 0.05) is 18.7 Å². The lowest BCUT2D eigenvalue weighted by Crippen LogP contribution is -2.33. The maximum absolute atomic E-state index is 11.3. The Balaban J connectivity index is 1.72. The first-order valence-corrected chi connectivity index (χ1v) is 9.18. The Labute approximate surface area is 161 Å². The molecule has 0 radical (unpaired) electrons. The van der Waals surface area contributed by atoms with Crippen LogP contribution in [0.1, 0.15) is 0 Å². The lowest BCUT2D eigenvalue weighted by atomic mass is 10.5. The van der Waals surface area contributed by atoms with Crippen molar-refractivity contribution in [2.45, 2.75) is 0 Å². The van der Waals surface area contributed by atoms with Gasteiger partial charge < -0.3 is 28.6 Å². The van der Waals surface area contributed by atoms with Crippen LogP contribution in [0.5, 0.6) is 0 Å². The topological polar surface area (TPSA) is 86.8 Å². The van der Waals surface area contributed by atoms with Crippen molar-refractivity contribution < 1.29 is 33.3 Å². The second-order valence-corrected chi connectivity index (χ2v) is 6.03. The number of imide groups is 1. The van der Waals surface area contributed by atoms with Crippen LogP contribution in [0.4, 0.5) is 0 Å². The number of carbonyl (C=O) groups is 2. The Morgan fingerprint density at radius 1 is 0.667 bits per heavy atom. The van der Waals surface area contributed by atoms with Crippen LogP contribution in [-0.4, -0.2) is 115 Å². The molecule has 9 heteroatoms. The van der Waals surface area contributed by atoms with Crippen LogP contribution in [0.25, 0.3) is 0 Å². The molecule has 1 aliphatic heterocycles. The van der Waals surface area contributed by atoms with E-state index >= 15 is 0 Å². The lowest BCUT2D eigenvalue weighted by molar-refractivity contribution is -0.137. The number of ether oxygens (including phenoxy) is 5. The van der Waals surface area contributed by atoms with Crippen molar-refractivity contribution in [3.63, 3.8) is 0 Å². The van der Waals surface area contributed by atoms with E-state index in [1.807, 2.05) is 14.1 Å². The number of rotatable bonds is 18. The monoisotopic (exact) mass is 388 g/mol. The Kier molecular flexibility index (Phi) is 13.7. The van der Waals surface area contributed by atoms with E-state index < -0.39 is 0 Å². The van der Waals surface area contributed by atoms with Gasteiger partial charge in [-0.1, -0.05) is 0 Å². The van der Waals surface area contributed by atoms with Gasteiger partial charge in [-0.15, -0.1) is 0 Å². The highest BCUT2D eigenvalue weighted by Crippen LogP contribution is 2.02. The second-order valence-electron chi connectivity index (χ2n) is 6.03. The van der Waals surface area contributed by atoms with E-state index in [1.165, 1.54) is 12.2 Å². The third kappa shape index (κ3) is 12.6. The fourth-order valence-corrected chi connectivity index (χ4v) is 2.04. The van der Waals surface area contributed by atoms with Crippen molar-refractivity contribution in [3.8, 4) is 0 Å². The summed E-state index contributed by atoms with van der Waals surface area (Å²) in [4.78, 5) is 25.8. The van der Waals surface area contributed by atoms with Crippen molar-refractivity contribution in [1.82, 2.24) is 9.80 Å². The zero-order valence-corrected chi connectivity index (χ0v) is 16.4. The predicted octanol–water partition coefficient (Wildman–Crippen LogP) is -0.444. The number of nitrogens with zero attached hydrogens (tertiary/aromatic N) is 2. The van der Waals surface area contributed by atoms with Crippen LogP contribution >= 0.6 is 0 Å². The summed E-state index contributed by atoms with van der Waals surface area (Å²) < 4.78 is 26.9. The first kappa shape index (κ1) is 23.7. The Morgan fingerprint density at radius 3 is 1.44 bits per heavy atom. The summed E-state index contributed by atoms with van der Waals surface area (Å²) in [6.07, 6.45) is 2.52. The minimum Gasteiger partial charge on any atom is -0.378 e. The molecule has 1 rings (SSSR count). The molecular formula is C18H32N2O7. The highest BCUT2D eigenvalue weighted by atomic mass is 16.6. The molecule has 0 saturated heterocycles. The van der Waals surface area contributed by atoms with E-state index in [2.05, 4.69) is 4.90 Å². The Hall–Kier alpha value is -1.36. The lowest BCUT2D eigenvalue weighted by Gasteiger charge is -2.13. The molecule has 1 heterocycles. The normalized spacial score (nSPS) is 14.1. The Bertz CT molecular complexity index is 425. The van der Waals surface area contributed by atoms with E-state index in [-0.39, 0.29) is 18.4 Å². The average Bonchev–Trinajstić information content (AvgIpc) is 2.95. The van der Waals surface area contributed by atoms with Gasteiger partial charge in [0.1, 0.15) is 0 Å². The molecule has 0 aromatic heterocycles. The molecule has 0 aliphatic carbocycles. The van der Waals surface area contributed by atoms with Gasteiger partial charge >= 0.3 is 0 Å². The first-order chi connectivity index (χ1) is 13.1. The highest BCUT2D eigenvalue weighted by Gasteiger charge is 2.22. The van der Waals surface area contributed by atoms with Gasteiger partial charge in [0.15, 0.2) is 0 Å². The van der Waals surface area contributed by atoms with E-state index in [9.17, 15) is 9.59 Å². The fourth-order valence-electron chi connectivity index (χ4n) is 2.04. The second kappa shape index (κ2) is 15.7. The number of hydrogen-bond acceptors (Lipinski definition) is 8. The van der Waals surface area contributed by atoms with Crippen LogP contribution in [-0.2, 0) is 33.3 Å². The van der Waals surface area contributed by atoms with Crippen LogP contribution in [0, 0.1) is 0 Å². The van der Waals surface area contributed by atoms with Crippen molar-refractivity contribution in [2.75, 3.05) is 93.3 Å². The summed E-state index contributed by atoms with van der Waals surface area (Å²) >= 11 is 0. The van der Waals surface area contributed by atoms with Crippen molar-refractivity contribution in [1.29, 1.82) is 0 Å². The highest BCUT2D eigenvalue weighted by molar-refractivity contribution is 6.12. The van der Waals surface area contributed by atoms with Crippen LogP contribution in [0.3, 0.4) is 0 Å². The van der Waals surface area contributed by atoms with Crippen LogP contribution < -0.4 is 0 Å². The van der Waals surface area contributed by atoms with Gasteiger partial charge in [0.25, 0.3) is 11.8 Å². The minimum absolute atomic E-state index is 0.258. The number of likely N-dealkylation sites (N-methyl/N-ethyl adjacent to an activating group) is 1. The molecule has 2 amide bonds. The minimum atomic E-state index is -0.294. The molecule has 0 unspecified atom stereocenters. The molecule has 1 aliphatic rings. The molecule has 0 atom stereocenters. The summed E-state index contributed by atoms with van der Waals surface area (Å²) in [5, 5.41) is 0. The summed E-state index contributed by atoms with van der Waals surface area (Å²) in [7, 11) is 4.02. The molecule has 27 heavy (non-hydrogen) atoms. The summed E-state index contributed by atoms with van der Waals surface area (Å²) in [6, 6.07) is 0. The van der Waals surface area contributed by atoms with Crippen molar-refractivity contribution in [2.24, 2.45) is 0 Å². The molecule has 0 spiro atoms. The smallest absolute Gasteiger partial charge is 0.253 e. The molecule has 0 fully saturated rings. The predicted molar refractivity (Wildman–Crippen MR) is 98.5 cm³/mol. The van der Waals surface area contributed by atoms with Gasteiger partial charge in [0.05, 0.1) is 72.6 Å². The third-order valence-electron chi connectivity index (χ3n) is 3.53. The average molecular weight is 388 g/mol. The SMILES string of the molecule is CN(C)CCOCCOCCOCCOCCOCCN1C(=O)C=CC1=O. The molecule has 0 saturated carbocycles. The molecule has 156 valence electrons. The quantitative estimate of drug-likeness (QED) is 0.231. The van der Waals surface area contributed by atoms with Crippen LogP contribution in [0.2, 0.25) is 0 Å². The molecule has 0 N–H and O–H groups in total. The first-order valence-electron chi connectivity index (χ1n) is 9.18. The summed E-state index contributed by atoms with van der Waals surface area (Å²) in [5.41, 5.74) is 0. The maximum Gasteiger partial charge on any atom is 0.253 e. The molecule has 0 aromatic carbocycles. The third-order valence-corrected chi connectivity index (χ3v) is 3.53. The number of carbonyl (C=O) groups excluding carboxylic acids is 2. The summed E-state index contributed by atoms with van der Waals surface area (Å²) in [6.45, 7) is 6.18. The van der Waals surface area contributed by atoms with E-state index in [0.29, 0.717) is 66.1 Å². The summed E-state index contributed by atoms with van der Waals surface area (Å²) in [5.74, 6) is -0.587. The van der Waals surface area contributed by atoms with Crippen molar-refractivity contribution in [3.05, 3.63) is 12.2 Å². The van der Waals surface area contributed by atoms with E-state index in [4.69, 9.17) is 23.7 Å². The van der Waals surface area contributed by atoms with Gasteiger partial charge in [-0.25, -0.2) is 0 Å². The van der Waals surface area contributed by atoms with Crippen molar-refractivity contribution >= 4 is 11.8 Å². The molecule has 0 aromatic rings.